The lowest BCUT2D eigenvalue weighted by Gasteiger charge is -2.08. The SMILES string of the molecule is Cc1[nH]c2ccccc2c1C(=O)[C@H](C)Sc1nc2ccccc2o1. The number of hydrogen-bond donors (Lipinski definition) is 1. The number of nitrogens with zero attached hydrogens (tertiary/aromatic N) is 1. The summed E-state index contributed by atoms with van der Waals surface area (Å²) in [5.41, 5.74) is 4.18. The van der Waals surface area contributed by atoms with Crippen LogP contribution in [0.25, 0.3) is 22.0 Å². The van der Waals surface area contributed by atoms with Crippen LogP contribution in [0.3, 0.4) is 0 Å². The highest BCUT2D eigenvalue weighted by Gasteiger charge is 2.24. The predicted octanol–water partition coefficient (Wildman–Crippen LogP) is 4.98. The molecule has 2 aromatic heterocycles. The molecule has 5 heteroatoms. The Morgan fingerprint density at radius 1 is 1.17 bits per heavy atom. The molecule has 2 heterocycles. The molecule has 0 aliphatic rings. The number of Topliss-reactive ketones (excluding diaryl/α,β-unsaturated/α-hetero) is 1. The van der Waals surface area contributed by atoms with Gasteiger partial charge in [-0.3, -0.25) is 4.79 Å². The summed E-state index contributed by atoms with van der Waals surface area (Å²) in [4.78, 5) is 20.7. The molecule has 0 amide bonds. The molecule has 1 N–H and O–H groups in total. The van der Waals surface area contributed by atoms with E-state index in [1.54, 1.807) is 0 Å². The van der Waals surface area contributed by atoms with Crippen molar-refractivity contribution in [2.45, 2.75) is 24.3 Å². The van der Waals surface area contributed by atoms with Gasteiger partial charge in [-0.25, -0.2) is 4.98 Å². The van der Waals surface area contributed by atoms with Crippen molar-refractivity contribution in [1.82, 2.24) is 9.97 Å². The highest BCUT2D eigenvalue weighted by Crippen LogP contribution is 2.31. The number of aryl methyl sites for hydroxylation is 1. The van der Waals surface area contributed by atoms with E-state index in [1.807, 2.05) is 62.4 Å². The maximum Gasteiger partial charge on any atom is 0.257 e. The molecule has 0 radical (unpaired) electrons. The summed E-state index contributed by atoms with van der Waals surface area (Å²) in [5.74, 6) is 0.0807. The van der Waals surface area contributed by atoms with Gasteiger partial charge >= 0.3 is 0 Å². The lowest BCUT2D eigenvalue weighted by atomic mass is 10.1. The molecule has 24 heavy (non-hydrogen) atoms. The first-order valence-electron chi connectivity index (χ1n) is 7.77. The average molecular weight is 336 g/mol. The molecule has 0 saturated heterocycles. The number of fused-ring (bicyclic) bond motifs is 2. The van der Waals surface area contributed by atoms with Gasteiger partial charge in [-0.15, -0.1) is 0 Å². The van der Waals surface area contributed by atoms with Crippen molar-refractivity contribution in [2.24, 2.45) is 0 Å². The third-order valence-electron chi connectivity index (χ3n) is 4.06. The fourth-order valence-electron chi connectivity index (χ4n) is 2.90. The van der Waals surface area contributed by atoms with E-state index in [4.69, 9.17) is 4.42 Å². The number of ketones is 1. The monoisotopic (exact) mass is 336 g/mol. The van der Waals surface area contributed by atoms with Gasteiger partial charge in [0.25, 0.3) is 5.22 Å². The number of oxazole rings is 1. The number of thioether (sulfide) groups is 1. The zero-order chi connectivity index (χ0) is 16.7. The number of carbonyl (C=O) groups excluding carboxylic acids is 1. The molecule has 0 aliphatic carbocycles. The van der Waals surface area contributed by atoms with Gasteiger partial charge in [0.05, 0.1) is 5.25 Å². The Balaban J connectivity index is 1.64. The molecule has 0 unspecified atom stereocenters. The van der Waals surface area contributed by atoms with Crippen molar-refractivity contribution >= 4 is 39.5 Å². The molecule has 0 saturated carbocycles. The first-order chi connectivity index (χ1) is 11.6. The molecule has 120 valence electrons. The number of benzene rings is 2. The van der Waals surface area contributed by atoms with Crippen LogP contribution in [-0.4, -0.2) is 21.0 Å². The van der Waals surface area contributed by atoms with Crippen molar-refractivity contribution in [3.05, 3.63) is 59.8 Å². The zero-order valence-corrected chi connectivity index (χ0v) is 14.2. The predicted molar refractivity (Wildman–Crippen MR) is 96.7 cm³/mol. The normalized spacial score (nSPS) is 12.8. The molecule has 4 nitrogen and oxygen atoms in total. The number of aromatic nitrogens is 2. The molecule has 0 aliphatic heterocycles. The van der Waals surface area contributed by atoms with Gasteiger partial charge in [-0.1, -0.05) is 42.1 Å². The molecule has 0 spiro atoms. The minimum absolute atomic E-state index is 0.0807. The lowest BCUT2D eigenvalue weighted by Crippen LogP contribution is -2.14. The number of rotatable bonds is 4. The van der Waals surface area contributed by atoms with E-state index < -0.39 is 0 Å². The second-order valence-electron chi connectivity index (χ2n) is 5.74. The van der Waals surface area contributed by atoms with Gasteiger partial charge in [0.1, 0.15) is 5.52 Å². The Hall–Kier alpha value is -2.53. The number of carbonyl (C=O) groups is 1. The van der Waals surface area contributed by atoms with Gasteiger partial charge in [-0.2, -0.15) is 0 Å². The summed E-state index contributed by atoms with van der Waals surface area (Å²) >= 11 is 1.35. The van der Waals surface area contributed by atoms with E-state index in [2.05, 4.69) is 9.97 Å². The van der Waals surface area contributed by atoms with Crippen LogP contribution in [-0.2, 0) is 0 Å². The summed E-state index contributed by atoms with van der Waals surface area (Å²) in [5, 5.41) is 1.20. The standard InChI is InChI=1S/C19H16N2O2S/c1-11-17(13-7-3-4-8-14(13)20-11)18(22)12(2)24-19-21-15-9-5-6-10-16(15)23-19/h3-10,12,20H,1-2H3/t12-/m0/s1. The first-order valence-corrected chi connectivity index (χ1v) is 8.65. The molecular formula is C19H16N2O2S. The van der Waals surface area contributed by atoms with Crippen LogP contribution in [0.4, 0.5) is 0 Å². The van der Waals surface area contributed by atoms with Crippen molar-refractivity contribution < 1.29 is 9.21 Å². The van der Waals surface area contributed by atoms with Crippen LogP contribution in [0.2, 0.25) is 0 Å². The van der Waals surface area contributed by atoms with Gasteiger partial charge in [0.15, 0.2) is 11.4 Å². The highest BCUT2D eigenvalue weighted by atomic mass is 32.2. The molecule has 2 aromatic carbocycles. The third-order valence-corrected chi connectivity index (χ3v) is 5.00. The maximum absolute atomic E-state index is 12.9. The van der Waals surface area contributed by atoms with Crippen LogP contribution in [0, 0.1) is 6.92 Å². The van der Waals surface area contributed by atoms with E-state index in [-0.39, 0.29) is 11.0 Å². The Morgan fingerprint density at radius 3 is 2.75 bits per heavy atom. The van der Waals surface area contributed by atoms with Crippen LogP contribution < -0.4 is 0 Å². The largest absolute Gasteiger partial charge is 0.431 e. The molecule has 0 bridgehead atoms. The second kappa shape index (κ2) is 5.83. The fraction of sp³-hybridized carbons (Fsp3) is 0.158. The van der Waals surface area contributed by atoms with E-state index in [1.165, 1.54) is 11.8 Å². The van der Waals surface area contributed by atoms with Gasteiger partial charge in [-0.05, 0) is 32.0 Å². The minimum atomic E-state index is -0.282. The average Bonchev–Trinajstić information content (AvgIpc) is 3.13. The summed E-state index contributed by atoms with van der Waals surface area (Å²) < 4.78 is 5.72. The summed E-state index contributed by atoms with van der Waals surface area (Å²) in [6.45, 7) is 3.83. The Kier molecular flexibility index (Phi) is 3.65. The maximum atomic E-state index is 12.9. The summed E-state index contributed by atoms with van der Waals surface area (Å²) in [7, 11) is 0. The van der Waals surface area contributed by atoms with Crippen molar-refractivity contribution in [1.29, 1.82) is 0 Å². The molecule has 4 aromatic rings. The van der Waals surface area contributed by atoms with E-state index in [0.717, 1.165) is 33.3 Å². The van der Waals surface area contributed by atoms with Crippen molar-refractivity contribution in [3.63, 3.8) is 0 Å². The Labute approximate surface area is 143 Å². The molecule has 1 atom stereocenters. The van der Waals surface area contributed by atoms with E-state index >= 15 is 0 Å². The number of para-hydroxylation sites is 3. The van der Waals surface area contributed by atoms with E-state index in [9.17, 15) is 4.79 Å². The smallest absolute Gasteiger partial charge is 0.257 e. The number of H-pyrrole nitrogens is 1. The van der Waals surface area contributed by atoms with Gasteiger partial charge in [0.2, 0.25) is 0 Å². The van der Waals surface area contributed by atoms with Crippen molar-refractivity contribution in [2.75, 3.05) is 0 Å². The zero-order valence-electron chi connectivity index (χ0n) is 13.4. The topological polar surface area (TPSA) is 58.9 Å². The number of nitrogens with one attached hydrogen (secondary N) is 1. The summed E-state index contributed by atoms with van der Waals surface area (Å²) in [6, 6.07) is 15.5. The third kappa shape index (κ3) is 2.51. The molecule has 4 rings (SSSR count). The Morgan fingerprint density at radius 2 is 1.92 bits per heavy atom. The number of hydrogen-bond acceptors (Lipinski definition) is 4. The van der Waals surface area contributed by atoms with Crippen molar-refractivity contribution in [3.8, 4) is 0 Å². The first kappa shape index (κ1) is 15.0. The van der Waals surface area contributed by atoms with Crippen LogP contribution in [0.15, 0.2) is 58.2 Å². The van der Waals surface area contributed by atoms with E-state index in [0.29, 0.717) is 5.22 Å². The molecular weight excluding hydrogens is 320 g/mol. The fourth-order valence-corrected chi connectivity index (χ4v) is 3.72. The van der Waals surface area contributed by atoms with Crippen LogP contribution in [0.1, 0.15) is 23.0 Å². The number of aromatic amines is 1. The minimum Gasteiger partial charge on any atom is -0.431 e. The van der Waals surface area contributed by atoms with Gasteiger partial charge in [0, 0.05) is 22.2 Å². The molecule has 0 fully saturated rings. The second-order valence-corrected chi connectivity index (χ2v) is 7.03. The van der Waals surface area contributed by atoms with Gasteiger partial charge < -0.3 is 9.40 Å². The van der Waals surface area contributed by atoms with Crippen LogP contribution in [0.5, 0.6) is 0 Å². The quantitative estimate of drug-likeness (QED) is 0.422. The van der Waals surface area contributed by atoms with Crippen LogP contribution >= 0.6 is 11.8 Å². The lowest BCUT2D eigenvalue weighted by molar-refractivity contribution is 0.0994. The Bertz CT molecular complexity index is 1010. The highest BCUT2D eigenvalue weighted by molar-refractivity contribution is 8.00. The summed E-state index contributed by atoms with van der Waals surface area (Å²) in [6.07, 6.45) is 0.